The van der Waals surface area contributed by atoms with E-state index in [1.807, 2.05) is 6.07 Å². The first-order chi connectivity index (χ1) is 18.7. The Morgan fingerprint density at radius 3 is 2.08 bits per heavy atom. The number of alkyl halides is 3. The molecule has 0 unspecified atom stereocenters. The summed E-state index contributed by atoms with van der Waals surface area (Å²) in [5.74, 6) is -0.163. The molecular weight excluding hydrogens is 529 g/mol. The molecule has 0 amide bonds. The third-order valence-corrected chi connectivity index (χ3v) is 5.64. The summed E-state index contributed by atoms with van der Waals surface area (Å²) in [6.07, 6.45) is 2.98. The molecule has 0 fully saturated rings. The number of carbonyl (C=O) groups excluding carboxylic acids is 2. The number of halogens is 3. The van der Waals surface area contributed by atoms with Crippen LogP contribution in [0.15, 0.2) is 43.1 Å². The van der Waals surface area contributed by atoms with Crippen molar-refractivity contribution in [2.75, 3.05) is 12.0 Å². The van der Waals surface area contributed by atoms with Crippen molar-refractivity contribution in [1.82, 2.24) is 24.5 Å². The summed E-state index contributed by atoms with van der Waals surface area (Å²) in [7, 11) is 0. The van der Waals surface area contributed by atoms with Gasteiger partial charge in [0.05, 0.1) is 0 Å². The topological polar surface area (TPSA) is 121 Å². The molecule has 10 nitrogen and oxygen atoms in total. The van der Waals surface area contributed by atoms with Crippen molar-refractivity contribution >= 4 is 28.6 Å². The van der Waals surface area contributed by atoms with E-state index in [9.17, 15) is 22.8 Å². The zero-order valence-electron chi connectivity index (χ0n) is 22.5. The molecule has 0 aliphatic heterocycles. The molecule has 0 aliphatic rings. The maximum Gasteiger partial charge on any atom is 0.524 e. The van der Waals surface area contributed by atoms with E-state index in [-0.39, 0.29) is 18.3 Å². The van der Waals surface area contributed by atoms with Gasteiger partial charge in [-0.3, -0.25) is 14.3 Å². The van der Waals surface area contributed by atoms with Gasteiger partial charge in [0, 0.05) is 58.6 Å². The van der Waals surface area contributed by atoms with Gasteiger partial charge in [-0.15, -0.1) is 13.2 Å². The molecule has 210 valence electrons. The van der Waals surface area contributed by atoms with Crippen molar-refractivity contribution in [3.63, 3.8) is 0 Å². The number of anilines is 1. The van der Waals surface area contributed by atoms with Crippen LogP contribution >= 0.6 is 0 Å². The minimum absolute atomic E-state index is 0.0681. The number of hydrogen-bond acceptors (Lipinski definition) is 9. The van der Waals surface area contributed by atoms with Gasteiger partial charge in [-0.05, 0) is 57.9 Å². The lowest BCUT2D eigenvalue weighted by molar-refractivity contribution is -0.321. The van der Waals surface area contributed by atoms with Gasteiger partial charge in [-0.1, -0.05) is 0 Å². The number of Topliss-reactive ketones (excluding diaryl/α,β-unsaturated/α-hetero) is 1. The molecule has 4 aromatic rings. The standard InChI is InChI=1S/C27H27F3N6O4/c1-15(37)22-12-36(13-24(38)40-26(3,4)5)23-7-20(19(6-21(22)23)17-8-31-16(2)32-9-17)18-10-33-25(34-11-18)35-14-39-27(28,29)30/h6-12H,13-14H2,1-5H3,(H,33,34,35). The molecule has 40 heavy (non-hydrogen) atoms. The molecular formula is C27H27F3N6O4. The summed E-state index contributed by atoms with van der Waals surface area (Å²) in [6.45, 7) is 7.50. The third kappa shape index (κ3) is 6.97. The van der Waals surface area contributed by atoms with E-state index in [2.05, 4.69) is 30.0 Å². The molecule has 4 rings (SSSR count). The van der Waals surface area contributed by atoms with Crippen LogP contribution in [0.1, 0.15) is 43.9 Å². The smallest absolute Gasteiger partial charge is 0.459 e. The lowest BCUT2D eigenvalue weighted by Gasteiger charge is -2.20. The number of benzene rings is 1. The monoisotopic (exact) mass is 556 g/mol. The van der Waals surface area contributed by atoms with Crippen LogP contribution in [0.4, 0.5) is 19.1 Å². The molecule has 13 heteroatoms. The lowest BCUT2D eigenvalue weighted by atomic mass is 9.94. The van der Waals surface area contributed by atoms with Gasteiger partial charge in [0.25, 0.3) is 0 Å². The number of esters is 1. The fourth-order valence-electron chi connectivity index (χ4n) is 4.01. The number of ether oxygens (including phenoxy) is 2. The van der Waals surface area contributed by atoms with Crippen molar-refractivity contribution in [2.45, 2.75) is 53.1 Å². The van der Waals surface area contributed by atoms with Crippen LogP contribution in [0.5, 0.6) is 0 Å². The number of carbonyl (C=O) groups is 2. The number of fused-ring (bicyclic) bond motifs is 1. The molecule has 0 saturated heterocycles. The van der Waals surface area contributed by atoms with Crippen LogP contribution in [0.3, 0.4) is 0 Å². The zero-order chi connectivity index (χ0) is 29.2. The van der Waals surface area contributed by atoms with Crippen LogP contribution in [0, 0.1) is 6.92 Å². The lowest BCUT2D eigenvalue weighted by Crippen LogP contribution is -2.26. The Morgan fingerprint density at radius 1 is 0.950 bits per heavy atom. The fraction of sp³-hybridized carbons (Fsp3) is 0.333. The molecule has 3 aromatic heterocycles. The minimum Gasteiger partial charge on any atom is -0.459 e. The predicted octanol–water partition coefficient (Wildman–Crippen LogP) is 5.31. The second-order valence-corrected chi connectivity index (χ2v) is 9.95. The largest absolute Gasteiger partial charge is 0.524 e. The van der Waals surface area contributed by atoms with Gasteiger partial charge in [0.1, 0.15) is 24.7 Å². The Balaban J connectivity index is 1.82. The van der Waals surface area contributed by atoms with Gasteiger partial charge in [0.15, 0.2) is 5.78 Å². The maximum absolute atomic E-state index is 12.7. The highest BCUT2D eigenvalue weighted by molar-refractivity contribution is 6.09. The quantitative estimate of drug-likeness (QED) is 0.175. The van der Waals surface area contributed by atoms with Crippen LogP contribution in [0.25, 0.3) is 33.2 Å². The number of aromatic nitrogens is 5. The molecule has 0 radical (unpaired) electrons. The summed E-state index contributed by atoms with van der Waals surface area (Å²) < 4.78 is 47.7. The molecule has 0 aliphatic carbocycles. The van der Waals surface area contributed by atoms with E-state index in [1.54, 1.807) is 56.9 Å². The molecule has 1 N–H and O–H groups in total. The first-order valence-corrected chi connectivity index (χ1v) is 12.2. The Morgan fingerprint density at radius 2 is 1.52 bits per heavy atom. The summed E-state index contributed by atoms with van der Waals surface area (Å²) in [6, 6.07) is 3.60. The van der Waals surface area contributed by atoms with Gasteiger partial charge >= 0.3 is 12.3 Å². The number of hydrogen-bond donors (Lipinski definition) is 1. The van der Waals surface area contributed by atoms with Crippen LogP contribution < -0.4 is 5.32 Å². The summed E-state index contributed by atoms with van der Waals surface area (Å²) in [4.78, 5) is 42.0. The van der Waals surface area contributed by atoms with Gasteiger partial charge in [-0.25, -0.2) is 19.9 Å². The molecule has 0 spiro atoms. The Bertz CT molecular complexity index is 1540. The third-order valence-electron chi connectivity index (χ3n) is 5.64. The number of rotatable bonds is 8. The van der Waals surface area contributed by atoms with Gasteiger partial charge in [0.2, 0.25) is 5.95 Å². The molecule has 0 saturated carbocycles. The first-order valence-electron chi connectivity index (χ1n) is 12.2. The van der Waals surface area contributed by atoms with Crippen molar-refractivity contribution in [2.24, 2.45) is 0 Å². The van der Waals surface area contributed by atoms with Crippen molar-refractivity contribution in [3.05, 3.63) is 54.5 Å². The Kier molecular flexibility index (Phi) is 7.87. The summed E-state index contributed by atoms with van der Waals surface area (Å²) in [5, 5.41) is 2.96. The van der Waals surface area contributed by atoms with Crippen molar-refractivity contribution < 1.29 is 32.2 Å². The van der Waals surface area contributed by atoms with Crippen molar-refractivity contribution in [3.8, 4) is 22.3 Å². The van der Waals surface area contributed by atoms with E-state index in [4.69, 9.17) is 4.74 Å². The van der Waals surface area contributed by atoms with Crippen LogP contribution in [0.2, 0.25) is 0 Å². The van der Waals surface area contributed by atoms with E-state index < -0.39 is 24.7 Å². The number of ketones is 1. The second kappa shape index (κ2) is 11.0. The average molecular weight is 557 g/mol. The average Bonchev–Trinajstić information content (AvgIpc) is 3.20. The minimum atomic E-state index is -4.79. The number of aryl methyl sites for hydroxylation is 1. The summed E-state index contributed by atoms with van der Waals surface area (Å²) >= 11 is 0. The van der Waals surface area contributed by atoms with E-state index in [1.165, 1.54) is 19.3 Å². The molecule has 0 atom stereocenters. The van der Waals surface area contributed by atoms with Gasteiger partial charge in [-0.2, -0.15) is 0 Å². The fourth-order valence-corrected chi connectivity index (χ4v) is 4.01. The van der Waals surface area contributed by atoms with E-state index >= 15 is 0 Å². The van der Waals surface area contributed by atoms with Gasteiger partial charge < -0.3 is 14.6 Å². The molecule has 3 heterocycles. The van der Waals surface area contributed by atoms with E-state index in [0.717, 1.165) is 0 Å². The van der Waals surface area contributed by atoms with Crippen LogP contribution in [-0.2, 0) is 20.8 Å². The molecule has 1 aromatic carbocycles. The molecule has 0 bridgehead atoms. The van der Waals surface area contributed by atoms with Crippen LogP contribution in [-0.4, -0.2) is 54.9 Å². The predicted molar refractivity (Wildman–Crippen MR) is 140 cm³/mol. The highest BCUT2D eigenvalue weighted by Gasteiger charge is 2.29. The highest BCUT2D eigenvalue weighted by Crippen LogP contribution is 2.37. The zero-order valence-corrected chi connectivity index (χ0v) is 22.5. The van der Waals surface area contributed by atoms with E-state index in [0.29, 0.717) is 44.5 Å². The van der Waals surface area contributed by atoms with Crippen molar-refractivity contribution in [1.29, 1.82) is 0 Å². The second-order valence-electron chi connectivity index (χ2n) is 9.95. The number of nitrogens with one attached hydrogen (secondary N) is 1. The maximum atomic E-state index is 12.7. The Hall–Kier alpha value is -4.39. The normalized spacial score (nSPS) is 12.0. The Labute approximate surface area is 227 Å². The number of nitrogens with zero attached hydrogens (tertiary/aromatic N) is 5. The first kappa shape index (κ1) is 28.6. The summed E-state index contributed by atoms with van der Waals surface area (Å²) in [5.41, 5.74) is 2.77. The SMILES string of the molecule is CC(=O)c1cn(CC(=O)OC(C)(C)C)c2cc(-c3cnc(NCOC(F)(F)F)nc3)c(-c3cnc(C)nc3)cc12. The highest BCUT2D eigenvalue weighted by atomic mass is 19.4.